The molecule has 2 heterocycles. The number of carbonyl (C=O) groups excluding carboxylic acids is 1. The molecule has 122 valence electrons. The van der Waals surface area contributed by atoms with Crippen LogP contribution in [0.15, 0.2) is 36.7 Å². The average Bonchev–Trinajstić information content (AvgIpc) is 3.17. The van der Waals surface area contributed by atoms with Gasteiger partial charge in [-0.05, 0) is 24.1 Å². The highest BCUT2D eigenvalue weighted by Crippen LogP contribution is 2.29. The van der Waals surface area contributed by atoms with Crippen molar-refractivity contribution in [3.8, 4) is 16.5 Å². The Balaban J connectivity index is 1.76. The van der Waals surface area contributed by atoms with Gasteiger partial charge in [0.25, 0.3) is 5.91 Å². The van der Waals surface area contributed by atoms with Gasteiger partial charge in [0.15, 0.2) is 4.96 Å². The van der Waals surface area contributed by atoms with Crippen LogP contribution in [0.5, 0.6) is 0 Å². The molecule has 0 bridgehead atoms. The summed E-state index contributed by atoms with van der Waals surface area (Å²) in [5.74, 6) is -0.185. The van der Waals surface area contributed by atoms with Crippen LogP contribution in [0.25, 0.3) is 15.4 Å². The molecular formula is C17H16N4O2S. The number of amides is 1. The van der Waals surface area contributed by atoms with E-state index in [1.165, 1.54) is 11.3 Å². The second-order valence-electron chi connectivity index (χ2n) is 5.21. The van der Waals surface area contributed by atoms with Crippen molar-refractivity contribution in [3.05, 3.63) is 47.9 Å². The zero-order chi connectivity index (χ0) is 16.9. The van der Waals surface area contributed by atoms with Gasteiger partial charge in [0, 0.05) is 32.7 Å². The van der Waals surface area contributed by atoms with Crippen molar-refractivity contribution in [3.63, 3.8) is 0 Å². The van der Waals surface area contributed by atoms with E-state index in [0.717, 1.165) is 21.8 Å². The number of rotatable bonds is 6. The summed E-state index contributed by atoms with van der Waals surface area (Å²) in [7, 11) is 1.63. The highest BCUT2D eigenvalue weighted by molar-refractivity contribution is 7.20. The van der Waals surface area contributed by atoms with Crippen LogP contribution in [-0.4, -0.2) is 35.6 Å². The monoisotopic (exact) mass is 340 g/mol. The lowest BCUT2D eigenvalue weighted by Gasteiger charge is -2.01. The van der Waals surface area contributed by atoms with Gasteiger partial charge in [-0.25, -0.2) is 4.98 Å². The summed E-state index contributed by atoms with van der Waals surface area (Å²) in [6.45, 7) is 1.17. The molecule has 7 heteroatoms. The molecule has 24 heavy (non-hydrogen) atoms. The Morgan fingerprint density at radius 3 is 3.08 bits per heavy atom. The van der Waals surface area contributed by atoms with Gasteiger partial charge in [0.05, 0.1) is 16.5 Å². The third kappa shape index (κ3) is 3.45. The number of benzene rings is 1. The number of carbonyl (C=O) groups is 1. The summed E-state index contributed by atoms with van der Waals surface area (Å²) < 4.78 is 6.78. The van der Waals surface area contributed by atoms with E-state index < -0.39 is 0 Å². The van der Waals surface area contributed by atoms with Gasteiger partial charge in [-0.2, -0.15) is 5.26 Å². The predicted molar refractivity (Wildman–Crippen MR) is 92.0 cm³/mol. The van der Waals surface area contributed by atoms with Crippen molar-refractivity contribution < 1.29 is 9.53 Å². The Kier molecular flexibility index (Phi) is 4.89. The molecule has 2 aromatic heterocycles. The summed E-state index contributed by atoms with van der Waals surface area (Å²) in [4.78, 5) is 18.2. The first-order chi connectivity index (χ1) is 11.7. The van der Waals surface area contributed by atoms with Gasteiger partial charge < -0.3 is 10.1 Å². The smallest absolute Gasteiger partial charge is 0.271 e. The maximum atomic E-state index is 12.1. The molecule has 0 aliphatic rings. The molecule has 0 aliphatic carbocycles. The zero-order valence-electron chi connectivity index (χ0n) is 13.2. The van der Waals surface area contributed by atoms with E-state index in [9.17, 15) is 4.79 Å². The fraction of sp³-hybridized carbons (Fsp3) is 0.235. The molecule has 3 rings (SSSR count). The summed E-state index contributed by atoms with van der Waals surface area (Å²) in [6, 6.07) is 9.56. The van der Waals surface area contributed by atoms with E-state index in [2.05, 4.69) is 16.4 Å². The van der Waals surface area contributed by atoms with Crippen LogP contribution in [0.4, 0.5) is 0 Å². The molecule has 3 aromatic rings. The predicted octanol–water partition coefficient (Wildman–Crippen LogP) is 2.70. The van der Waals surface area contributed by atoms with Crippen molar-refractivity contribution >= 4 is 22.2 Å². The minimum atomic E-state index is -0.185. The number of aromatic nitrogens is 2. The fourth-order valence-electron chi connectivity index (χ4n) is 2.29. The van der Waals surface area contributed by atoms with Gasteiger partial charge in [0.2, 0.25) is 0 Å². The molecule has 0 saturated heterocycles. The highest BCUT2D eigenvalue weighted by Gasteiger charge is 2.13. The van der Waals surface area contributed by atoms with E-state index in [1.54, 1.807) is 19.4 Å². The summed E-state index contributed by atoms with van der Waals surface area (Å²) in [5, 5.41) is 11.8. The SMILES string of the molecule is COCCCNC(=O)c1cn2cc(-c3cccc(C#N)c3)sc2n1. The number of hydrogen-bond acceptors (Lipinski definition) is 5. The number of hydrogen-bond donors (Lipinski definition) is 1. The summed E-state index contributed by atoms with van der Waals surface area (Å²) in [6.07, 6.45) is 4.41. The molecule has 0 saturated carbocycles. The fourth-order valence-corrected chi connectivity index (χ4v) is 3.25. The lowest BCUT2D eigenvalue weighted by atomic mass is 10.1. The van der Waals surface area contributed by atoms with E-state index in [0.29, 0.717) is 24.4 Å². The van der Waals surface area contributed by atoms with Gasteiger partial charge >= 0.3 is 0 Å². The molecule has 0 atom stereocenters. The molecule has 0 radical (unpaired) electrons. The van der Waals surface area contributed by atoms with Crippen molar-refractivity contribution in [2.45, 2.75) is 6.42 Å². The van der Waals surface area contributed by atoms with E-state index in [-0.39, 0.29) is 5.91 Å². The number of methoxy groups -OCH3 is 1. The van der Waals surface area contributed by atoms with E-state index in [4.69, 9.17) is 10.00 Å². The van der Waals surface area contributed by atoms with Crippen molar-refractivity contribution in [1.29, 1.82) is 5.26 Å². The van der Waals surface area contributed by atoms with Crippen LogP contribution >= 0.6 is 11.3 Å². The third-order valence-corrected chi connectivity index (χ3v) is 4.52. The Bertz CT molecular complexity index is 875. The van der Waals surface area contributed by atoms with Crippen molar-refractivity contribution in [2.75, 3.05) is 20.3 Å². The maximum absolute atomic E-state index is 12.1. The second-order valence-corrected chi connectivity index (χ2v) is 6.22. The van der Waals surface area contributed by atoms with E-state index in [1.807, 2.05) is 28.8 Å². The number of ether oxygens (including phenoxy) is 1. The maximum Gasteiger partial charge on any atom is 0.271 e. The van der Waals surface area contributed by atoms with Gasteiger partial charge in [-0.1, -0.05) is 23.5 Å². The zero-order valence-corrected chi connectivity index (χ0v) is 14.0. The Labute approximate surface area is 143 Å². The average molecular weight is 340 g/mol. The number of nitrogens with zero attached hydrogens (tertiary/aromatic N) is 3. The first kappa shape index (κ1) is 16.2. The van der Waals surface area contributed by atoms with E-state index >= 15 is 0 Å². The third-order valence-electron chi connectivity index (χ3n) is 3.48. The summed E-state index contributed by atoms with van der Waals surface area (Å²) in [5.41, 5.74) is 1.99. The summed E-state index contributed by atoms with van der Waals surface area (Å²) >= 11 is 1.48. The van der Waals surface area contributed by atoms with Gasteiger partial charge in [-0.3, -0.25) is 9.20 Å². The number of thiazole rings is 1. The Hall–Kier alpha value is -2.69. The molecule has 1 amide bonds. The molecule has 0 aliphatic heterocycles. The lowest BCUT2D eigenvalue weighted by molar-refractivity contribution is 0.0944. The molecule has 1 aromatic carbocycles. The largest absolute Gasteiger partial charge is 0.385 e. The van der Waals surface area contributed by atoms with Crippen LogP contribution in [0.3, 0.4) is 0 Å². The molecule has 0 fully saturated rings. The molecule has 0 unspecified atom stereocenters. The Morgan fingerprint density at radius 1 is 1.46 bits per heavy atom. The standard InChI is InChI=1S/C17H16N4O2S/c1-23-7-3-6-19-16(22)14-10-21-11-15(24-17(21)20-14)13-5-2-4-12(8-13)9-18/h2,4-5,8,10-11H,3,6-7H2,1H3,(H,19,22). The van der Waals surface area contributed by atoms with Crippen LogP contribution in [0, 0.1) is 11.3 Å². The Morgan fingerprint density at radius 2 is 2.33 bits per heavy atom. The quantitative estimate of drug-likeness (QED) is 0.700. The first-order valence-corrected chi connectivity index (χ1v) is 8.29. The van der Waals surface area contributed by atoms with Crippen molar-refractivity contribution in [2.24, 2.45) is 0 Å². The topological polar surface area (TPSA) is 79.4 Å². The minimum absolute atomic E-state index is 0.185. The number of imidazole rings is 1. The van der Waals surface area contributed by atoms with Crippen LogP contribution in [0.2, 0.25) is 0 Å². The number of nitriles is 1. The van der Waals surface area contributed by atoms with Crippen LogP contribution < -0.4 is 5.32 Å². The molecular weight excluding hydrogens is 324 g/mol. The van der Waals surface area contributed by atoms with Crippen molar-refractivity contribution in [1.82, 2.24) is 14.7 Å². The minimum Gasteiger partial charge on any atom is -0.385 e. The highest BCUT2D eigenvalue weighted by atomic mass is 32.1. The number of fused-ring (bicyclic) bond motifs is 1. The van der Waals surface area contributed by atoms with Gasteiger partial charge in [-0.15, -0.1) is 0 Å². The number of nitrogens with one attached hydrogen (secondary N) is 1. The first-order valence-electron chi connectivity index (χ1n) is 7.47. The second kappa shape index (κ2) is 7.25. The molecule has 1 N–H and O–H groups in total. The lowest BCUT2D eigenvalue weighted by Crippen LogP contribution is -2.25. The molecule has 0 spiro atoms. The van der Waals surface area contributed by atoms with Crippen LogP contribution in [-0.2, 0) is 4.74 Å². The van der Waals surface area contributed by atoms with Crippen LogP contribution in [0.1, 0.15) is 22.5 Å². The van der Waals surface area contributed by atoms with Gasteiger partial charge in [0.1, 0.15) is 5.69 Å². The normalized spacial score (nSPS) is 10.7. The molecule has 6 nitrogen and oxygen atoms in total.